The van der Waals surface area contributed by atoms with Gasteiger partial charge in [0, 0.05) is 17.8 Å². The van der Waals surface area contributed by atoms with Gasteiger partial charge in [-0.15, -0.1) is 0 Å². The van der Waals surface area contributed by atoms with Gasteiger partial charge in [-0.25, -0.2) is 0 Å². The molecule has 2 aromatic rings. The molecule has 0 aliphatic rings. The molecular weight excluding hydrogens is 252 g/mol. The van der Waals surface area contributed by atoms with Crippen LogP contribution in [0.4, 0.5) is 5.69 Å². The van der Waals surface area contributed by atoms with E-state index in [1.807, 2.05) is 24.3 Å². The molecule has 0 aliphatic carbocycles. The first-order valence-corrected chi connectivity index (χ1v) is 6.76. The van der Waals surface area contributed by atoms with Gasteiger partial charge in [-0.1, -0.05) is 42.5 Å². The topological polar surface area (TPSA) is 38.0 Å². The number of thiocarbonyl (C=S) groups is 1. The largest absolute Gasteiger partial charge is 0.389 e. The van der Waals surface area contributed by atoms with Crippen LogP contribution in [-0.2, 0) is 6.42 Å². The number of benzene rings is 2. The minimum atomic E-state index is 0.443. The Morgan fingerprint density at radius 3 is 2.53 bits per heavy atom. The first kappa shape index (κ1) is 13.6. The van der Waals surface area contributed by atoms with Crippen molar-refractivity contribution < 1.29 is 0 Å². The third-order valence-corrected chi connectivity index (χ3v) is 3.32. The highest BCUT2D eigenvalue weighted by atomic mass is 32.1. The Labute approximate surface area is 119 Å². The molecule has 2 aromatic carbocycles. The van der Waals surface area contributed by atoms with Crippen LogP contribution < -0.4 is 11.1 Å². The van der Waals surface area contributed by atoms with Crippen molar-refractivity contribution in [3.63, 3.8) is 0 Å². The van der Waals surface area contributed by atoms with Crippen molar-refractivity contribution in [2.24, 2.45) is 5.73 Å². The number of hydrogen-bond acceptors (Lipinski definition) is 2. The van der Waals surface area contributed by atoms with E-state index in [1.165, 1.54) is 11.1 Å². The third-order valence-electron chi connectivity index (χ3n) is 3.08. The van der Waals surface area contributed by atoms with Crippen LogP contribution in [0, 0.1) is 6.92 Å². The molecule has 0 aromatic heterocycles. The summed E-state index contributed by atoms with van der Waals surface area (Å²) in [6.45, 7) is 2.98. The minimum Gasteiger partial charge on any atom is -0.389 e. The van der Waals surface area contributed by atoms with Crippen molar-refractivity contribution in [1.82, 2.24) is 0 Å². The number of nitrogens with two attached hydrogens (primary N) is 1. The Morgan fingerprint density at radius 1 is 1.16 bits per heavy atom. The van der Waals surface area contributed by atoms with Crippen molar-refractivity contribution in [3.05, 3.63) is 65.2 Å². The molecule has 2 nitrogen and oxygen atoms in total. The number of aryl methyl sites for hydroxylation is 1. The molecule has 0 radical (unpaired) electrons. The van der Waals surface area contributed by atoms with E-state index >= 15 is 0 Å². The summed E-state index contributed by atoms with van der Waals surface area (Å²) in [5.74, 6) is 0. The quantitative estimate of drug-likeness (QED) is 0.819. The molecule has 0 spiro atoms. The Kier molecular flexibility index (Phi) is 4.53. The summed E-state index contributed by atoms with van der Waals surface area (Å²) < 4.78 is 0. The predicted molar refractivity (Wildman–Crippen MR) is 85.7 cm³/mol. The van der Waals surface area contributed by atoms with Gasteiger partial charge >= 0.3 is 0 Å². The first-order chi connectivity index (χ1) is 9.16. The highest BCUT2D eigenvalue weighted by molar-refractivity contribution is 7.80. The molecule has 98 valence electrons. The van der Waals surface area contributed by atoms with Crippen LogP contribution >= 0.6 is 12.2 Å². The van der Waals surface area contributed by atoms with E-state index in [4.69, 9.17) is 18.0 Å². The molecular formula is C16H18N2S. The van der Waals surface area contributed by atoms with Crippen molar-refractivity contribution in [1.29, 1.82) is 0 Å². The molecule has 0 atom stereocenters. The van der Waals surface area contributed by atoms with Gasteiger partial charge in [-0.3, -0.25) is 0 Å². The Balaban J connectivity index is 1.95. The van der Waals surface area contributed by atoms with Gasteiger partial charge in [0.15, 0.2) is 0 Å². The molecule has 0 saturated carbocycles. The van der Waals surface area contributed by atoms with E-state index in [9.17, 15) is 0 Å². The van der Waals surface area contributed by atoms with E-state index in [0.717, 1.165) is 24.2 Å². The summed E-state index contributed by atoms with van der Waals surface area (Å²) in [5, 5.41) is 3.44. The van der Waals surface area contributed by atoms with Crippen molar-refractivity contribution >= 4 is 22.9 Å². The lowest BCUT2D eigenvalue weighted by atomic mass is 10.1. The lowest BCUT2D eigenvalue weighted by molar-refractivity contribution is 1.02. The number of anilines is 1. The predicted octanol–water partition coefficient (Wildman–Crippen LogP) is 3.28. The summed E-state index contributed by atoms with van der Waals surface area (Å²) in [6, 6.07) is 16.5. The highest BCUT2D eigenvalue weighted by Gasteiger charge is 2.01. The van der Waals surface area contributed by atoms with E-state index in [2.05, 4.69) is 36.5 Å². The standard InChI is InChI=1S/C16H18N2S/c1-12-11-14(16(17)19)7-8-15(12)18-10-9-13-5-3-2-4-6-13/h2-8,11,18H,9-10H2,1H3,(H2,17,19). The van der Waals surface area contributed by atoms with E-state index in [1.54, 1.807) is 0 Å². The van der Waals surface area contributed by atoms with Gasteiger partial charge in [0.05, 0.1) is 0 Å². The fraction of sp³-hybridized carbons (Fsp3) is 0.188. The van der Waals surface area contributed by atoms with Crippen molar-refractivity contribution in [2.75, 3.05) is 11.9 Å². The zero-order chi connectivity index (χ0) is 13.7. The fourth-order valence-electron chi connectivity index (χ4n) is 2.00. The maximum Gasteiger partial charge on any atom is 0.103 e. The molecule has 3 N–H and O–H groups in total. The zero-order valence-electron chi connectivity index (χ0n) is 11.0. The third kappa shape index (κ3) is 3.80. The smallest absolute Gasteiger partial charge is 0.103 e. The summed E-state index contributed by atoms with van der Waals surface area (Å²) in [7, 11) is 0. The van der Waals surface area contributed by atoms with Gasteiger partial charge in [0.1, 0.15) is 4.99 Å². The summed E-state index contributed by atoms with van der Waals surface area (Å²) in [5.41, 5.74) is 10.2. The molecule has 0 bridgehead atoms. The summed E-state index contributed by atoms with van der Waals surface area (Å²) in [4.78, 5) is 0.443. The van der Waals surface area contributed by atoms with E-state index in [0.29, 0.717) is 4.99 Å². The molecule has 0 amide bonds. The average molecular weight is 270 g/mol. The summed E-state index contributed by atoms with van der Waals surface area (Å²) >= 11 is 4.97. The summed E-state index contributed by atoms with van der Waals surface area (Å²) in [6.07, 6.45) is 1.01. The van der Waals surface area contributed by atoms with Gasteiger partial charge in [-0.05, 0) is 42.7 Å². The molecule has 0 aliphatic heterocycles. The van der Waals surface area contributed by atoms with Gasteiger partial charge < -0.3 is 11.1 Å². The van der Waals surface area contributed by atoms with Crippen LogP contribution in [0.25, 0.3) is 0 Å². The Morgan fingerprint density at radius 2 is 1.89 bits per heavy atom. The van der Waals surface area contributed by atoms with E-state index < -0.39 is 0 Å². The van der Waals surface area contributed by atoms with Crippen LogP contribution in [0.3, 0.4) is 0 Å². The van der Waals surface area contributed by atoms with Crippen LogP contribution in [0.5, 0.6) is 0 Å². The monoisotopic (exact) mass is 270 g/mol. The molecule has 19 heavy (non-hydrogen) atoms. The second kappa shape index (κ2) is 6.34. The van der Waals surface area contributed by atoms with Gasteiger partial charge in [-0.2, -0.15) is 0 Å². The second-order valence-electron chi connectivity index (χ2n) is 4.56. The normalized spacial score (nSPS) is 10.2. The van der Waals surface area contributed by atoms with Gasteiger partial charge in [0.25, 0.3) is 0 Å². The second-order valence-corrected chi connectivity index (χ2v) is 5.00. The van der Waals surface area contributed by atoms with Crippen molar-refractivity contribution in [2.45, 2.75) is 13.3 Å². The lowest BCUT2D eigenvalue weighted by Gasteiger charge is -2.11. The van der Waals surface area contributed by atoms with Crippen molar-refractivity contribution in [3.8, 4) is 0 Å². The first-order valence-electron chi connectivity index (χ1n) is 6.35. The number of nitrogens with one attached hydrogen (secondary N) is 1. The molecule has 0 unspecified atom stereocenters. The maximum atomic E-state index is 5.62. The maximum absolute atomic E-state index is 5.62. The van der Waals surface area contributed by atoms with E-state index in [-0.39, 0.29) is 0 Å². The number of hydrogen-bond donors (Lipinski definition) is 2. The molecule has 0 saturated heterocycles. The zero-order valence-corrected chi connectivity index (χ0v) is 11.8. The molecule has 3 heteroatoms. The highest BCUT2D eigenvalue weighted by Crippen LogP contribution is 2.16. The Hall–Kier alpha value is -1.87. The fourth-order valence-corrected chi connectivity index (χ4v) is 2.13. The molecule has 0 heterocycles. The lowest BCUT2D eigenvalue weighted by Crippen LogP contribution is -2.11. The van der Waals surface area contributed by atoms with Crippen LogP contribution in [0.1, 0.15) is 16.7 Å². The van der Waals surface area contributed by atoms with Gasteiger partial charge in [0.2, 0.25) is 0 Å². The molecule has 2 rings (SSSR count). The van der Waals surface area contributed by atoms with Crippen LogP contribution in [0.2, 0.25) is 0 Å². The number of rotatable bonds is 5. The average Bonchev–Trinajstić information content (AvgIpc) is 2.41. The van der Waals surface area contributed by atoms with Crippen LogP contribution in [-0.4, -0.2) is 11.5 Å². The van der Waals surface area contributed by atoms with Crippen LogP contribution in [0.15, 0.2) is 48.5 Å². The SMILES string of the molecule is Cc1cc(C(N)=S)ccc1NCCc1ccccc1. The molecule has 0 fully saturated rings. The minimum absolute atomic E-state index is 0.443. The Bertz CT molecular complexity index is 564.